The molecule has 2 aromatic heterocycles. The molecule has 3 rings (SSSR count). The third kappa shape index (κ3) is 3.97. The highest BCUT2D eigenvalue weighted by Gasteiger charge is 2.09. The van der Waals surface area contributed by atoms with Crippen molar-refractivity contribution in [1.82, 2.24) is 15.3 Å². The first-order chi connectivity index (χ1) is 11.8. The Hall–Kier alpha value is -2.73. The van der Waals surface area contributed by atoms with Gasteiger partial charge >= 0.3 is 0 Å². The minimum absolute atomic E-state index is 0.146. The van der Waals surface area contributed by atoms with Crippen LogP contribution in [0, 0.1) is 0 Å². The minimum atomic E-state index is -0.146. The second-order valence-corrected chi connectivity index (χ2v) is 5.89. The molecule has 0 unspecified atom stereocenters. The number of thiazole rings is 1. The highest BCUT2D eigenvalue weighted by Crippen LogP contribution is 2.22. The summed E-state index contributed by atoms with van der Waals surface area (Å²) in [5.74, 6) is 0.546. The van der Waals surface area contributed by atoms with E-state index in [1.807, 2.05) is 36.6 Å². The normalized spacial score (nSPS) is 10.4. The van der Waals surface area contributed by atoms with Crippen molar-refractivity contribution in [2.24, 2.45) is 0 Å². The topological polar surface area (TPSA) is 64.1 Å². The average Bonchev–Trinajstić information content (AvgIpc) is 3.10. The van der Waals surface area contributed by atoms with Crippen LogP contribution in [-0.4, -0.2) is 22.5 Å². The molecule has 0 spiro atoms. The van der Waals surface area contributed by atoms with Gasteiger partial charge in [-0.15, -0.1) is 11.3 Å². The van der Waals surface area contributed by atoms with Crippen molar-refractivity contribution in [2.45, 2.75) is 13.5 Å². The van der Waals surface area contributed by atoms with Gasteiger partial charge in [0.15, 0.2) is 0 Å². The SMILES string of the molecule is CCOc1cccc(C(=O)NCc2csc(-c3cccnc3)n2)c1. The molecular formula is C18H17N3O2S. The number of rotatable bonds is 6. The van der Waals surface area contributed by atoms with Crippen LogP contribution in [0.25, 0.3) is 10.6 Å². The molecule has 5 nitrogen and oxygen atoms in total. The van der Waals surface area contributed by atoms with Crippen LogP contribution in [-0.2, 0) is 6.54 Å². The number of hydrogen-bond donors (Lipinski definition) is 1. The zero-order valence-electron chi connectivity index (χ0n) is 13.2. The fourth-order valence-electron chi connectivity index (χ4n) is 2.18. The van der Waals surface area contributed by atoms with E-state index in [1.54, 1.807) is 24.5 Å². The molecule has 1 aromatic carbocycles. The fourth-order valence-corrected chi connectivity index (χ4v) is 2.99. The lowest BCUT2D eigenvalue weighted by Crippen LogP contribution is -2.22. The van der Waals surface area contributed by atoms with Crippen LogP contribution < -0.4 is 10.1 Å². The van der Waals surface area contributed by atoms with E-state index in [0.29, 0.717) is 24.5 Å². The Bertz CT molecular complexity index is 818. The summed E-state index contributed by atoms with van der Waals surface area (Å²) < 4.78 is 5.42. The predicted molar refractivity (Wildman–Crippen MR) is 94.1 cm³/mol. The summed E-state index contributed by atoms with van der Waals surface area (Å²) in [6, 6.07) is 11.0. The second-order valence-electron chi connectivity index (χ2n) is 5.03. The van der Waals surface area contributed by atoms with Crippen molar-refractivity contribution in [3.8, 4) is 16.3 Å². The number of amides is 1. The van der Waals surface area contributed by atoms with Crippen LogP contribution in [0.3, 0.4) is 0 Å². The number of benzene rings is 1. The third-order valence-corrected chi connectivity index (χ3v) is 4.24. The lowest BCUT2D eigenvalue weighted by Gasteiger charge is -2.06. The number of ether oxygens (including phenoxy) is 1. The molecule has 0 aliphatic carbocycles. The molecule has 0 bridgehead atoms. The number of carbonyl (C=O) groups is 1. The molecule has 0 aliphatic heterocycles. The quantitative estimate of drug-likeness (QED) is 0.746. The monoisotopic (exact) mass is 339 g/mol. The van der Waals surface area contributed by atoms with Gasteiger partial charge in [-0.2, -0.15) is 0 Å². The summed E-state index contributed by atoms with van der Waals surface area (Å²) in [7, 11) is 0. The van der Waals surface area contributed by atoms with Crippen molar-refractivity contribution in [3.63, 3.8) is 0 Å². The smallest absolute Gasteiger partial charge is 0.251 e. The third-order valence-electron chi connectivity index (χ3n) is 3.30. The van der Waals surface area contributed by atoms with Gasteiger partial charge in [-0.1, -0.05) is 6.07 Å². The van der Waals surface area contributed by atoms with E-state index in [1.165, 1.54) is 11.3 Å². The van der Waals surface area contributed by atoms with Crippen LogP contribution in [0.1, 0.15) is 23.0 Å². The number of aromatic nitrogens is 2. The molecule has 0 radical (unpaired) electrons. The maximum atomic E-state index is 12.3. The van der Waals surface area contributed by atoms with E-state index in [9.17, 15) is 4.79 Å². The molecule has 0 aliphatic rings. The summed E-state index contributed by atoms with van der Waals surface area (Å²) in [5.41, 5.74) is 2.38. The van der Waals surface area contributed by atoms with Crippen molar-refractivity contribution < 1.29 is 9.53 Å². The first-order valence-corrected chi connectivity index (χ1v) is 8.50. The van der Waals surface area contributed by atoms with Crippen molar-refractivity contribution >= 4 is 17.2 Å². The van der Waals surface area contributed by atoms with E-state index in [0.717, 1.165) is 16.3 Å². The minimum Gasteiger partial charge on any atom is -0.494 e. The standard InChI is InChI=1S/C18H17N3O2S/c1-2-23-16-7-3-5-13(9-16)17(22)20-11-15-12-24-18(21-15)14-6-4-8-19-10-14/h3-10,12H,2,11H2,1H3,(H,20,22). The van der Waals surface area contributed by atoms with Gasteiger partial charge in [-0.25, -0.2) is 4.98 Å². The van der Waals surface area contributed by atoms with Gasteiger partial charge < -0.3 is 10.1 Å². The van der Waals surface area contributed by atoms with Crippen LogP contribution in [0.4, 0.5) is 0 Å². The number of carbonyl (C=O) groups excluding carboxylic acids is 1. The zero-order chi connectivity index (χ0) is 16.8. The summed E-state index contributed by atoms with van der Waals surface area (Å²) in [5, 5.41) is 5.72. The summed E-state index contributed by atoms with van der Waals surface area (Å²) in [6.45, 7) is 2.87. The fraction of sp³-hybridized carbons (Fsp3) is 0.167. The molecule has 0 saturated heterocycles. The Morgan fingerprint density at radius 2 is 2.21 bits per heavy atom. The molecule has 1 N–H and O–H groups in total. The predicted octanol–water partition coefficient (Wildman–Crippen LogP) is 3.53. The summed E-state index contributed by atoms with van der Waals surface area (Å²) >= 11 is 1.54. The number of nitrogens with one attached hydrogen (secondary N) is 1. The Morgan fingerprint density at radius 1 is 1.29 bits per heavy atom. The van der Waals surface area contributed by atoms with E-state index >= 15 is 0 Å². The van der Waals surface area contributed by atoms with Gasteiger partial charge in [0.2, 0.25) is 0 Å². The van der Waals surface area contributed by atoms with Crippen LogP contribution in [0.15, 0.2) is 54.2 Å². The molecule has 1 amide bonds. The van der Waals surface area contributed by atoms with Gasteiger partial charge in [-0.05, 0) is 37.3 Å². The average molecular weight is 339 g/mol. The number of pyridine rings is 1. The zero-order valence-corrected chi connectivity index (χ0v) is 14.0. The summed E-state index contributed by atoms with van der Waals surface area (Å²) in [4.78, 5) is 20.9. The second kappa shape index (κ2) is 7.70. The van der Waals surface area contributed by atoms with Crippen molar-refractivity contribution in [2.75, 3.05) is 6.61 Å². The van der Waals surface area contributed by atoms with Gasteiger partial charge in [0.1, 0.15) is 10.8 Å². The van der Waals surface area contributed by atoms with E-state index in [-0.39, 0.29) is 5.91 Å². The molecule has 122 valence electrons. The first kappa shape index (κ1) is 16.1. The van der Waals surface area contributed by atoms with Gasteiger partial charge in [0.05, 0.1) is 18.8 Å². The molecule has 3 aromatic rings. The van der Waals surface area contributed by atoms with Crippen molar-refractivity contribution in [1.29, 1.82) is 0 Å². The lowest BCUT2D eigenvalue weighted by molar-refractivity contribution is 0.0950. The summed E-state index contributed by atoms with van der Waals surface area (Å²) in [6.07, 6.45) is 3.51. The van der Waals surface area contributed by atoms with Crippen LogP contribution in [0.2, 0.25) is 0 Å². The Morgan fingerprint density at radius 3 is 3.00 bits per heavy atom. The maximum absolute atomic E-state index is 12.3. The van der Waals surface area contributed by atoms with Crippen molar-refractivity contribution in [3.05, 3.63) is 65.4 Å². The Balaban J connectivity index is 1.62. The largest absolute Gasteiger partial charge is 0.494 e. The van der Waals surface area contributed by atoms with E-state index in [4.69, 9.17) is 4.74 Å². The van der Waals surface area contributed by atoms with Gasteiger partial charge in [0.25, 0.3) is 5.91 Å². The van der Waals surface area contributed by atoms with E-state index < -0.39 is 0 Å². The van der Waals surface area contributed by atoms with E-state index in [2.05, 4.69) is 15.3 Å². The molecule has 0 saturated carbocycles. The molecular weight excluding hydrogens is 322 g/mol. The Kier molecular flexibility index (Phi) is 5.18. The van der Waals surface area contributed by atoms with Gasteiger partial charge in [-0.3, -0.25) is 9.78 Å². The number of hydrogen-bond acceptors (Lipinski definition) is 5. The molecule has 0 fully saturated rings. The van der Waals surface area contributed by atoms with Crippen LogP contribution >= 0.6 is 11.3 Å². The highest BCUT2D eigenvalue weighted by molar-refractivity contribution is 7.13. The van der Waals surface area contributed by atoms with Crippen LogP contribution in [0.5, 0.6) is 5.75 Å². The van der Waals surface area contributed by atoms with Gasteiger partial charge in [0, 0.05) is 28.9 Å². The maximum Gasteiger partial charge on any atom is 0.251 e. The molecule has 6 heteroatoms. The molecule has 2 heterocycles. The molecule has 0 atom stereocenters. The lowest BCUT2D eigenvalue weighted by atomic mass is 10.2. The highest BCUT2D eigenvalue weighted by atomic mass is 32.1. The molecule has 24 heavy (non-hydrogen) atoms. The Labute approximate surface area is 144 Å². The first-order valence-electron chi connectivity index (χ1n) is 7.62. The number of nitrogens with zero attached hydrogens (tertiary/aromatic N) is 2.